The van der Waals surface area contributed by atoms with Gasteiger partial charge in [0.1, 0.15) is 17.1 Å². The van der Waals surface area contributed by atoms with Gasteiger partial charge in [0.2, 0.25) is 0 Å². The Kier molecular flexibility index (Phi) is 3.60. The molecule has 0 spiro atoms. The molecule has 1 aliphatic carbocycles. The van der Waals surface area contributed by atoms with Crippen LogP contribution in [0.2, 0.25) is 0 Å². The zero-order valence-electron chi connectivity index (χ0n) is 12.2. The van der Waals surface area contributed by atoms with Crippen molar-refractivity contribution in [1.29, 1.82) is 0 Å². The summed E-state index contributed by atoms with van der Waals surface area (Å²) >= 11 is 3.41. The second-order valence-corrected chi connectivity index (χ2v) is 6.43. The summed E-state index contributed by atoms with van der Waals surface area (Å²) in [5.41, 5.74) is 2.31. The normalized spacial score (nSPS) is 16.8. The molecule has 7 heteroatoms. The van der Waals surface area contributed by atoms with Gasteiger partial charge in [-0.15, -0.1) is 0 Å². The third-order valence-corrected chi connectivity index (χ3v) is 4.58. The highest BCUT2D eigenvalue weighted by Gasteiger charge is 2.37. The number of hydrogen-bond donors (Lipinski definition) is 0. The number of rotatable bonds is 3. The van der Waals surface area contributed by atoms with Gasteiger partial charge >= 0.3 is 6.61 Å². The highest BCUT2D eigenvalue weighted by atomic mass is 79.9. The topological polar surface area (TPSA) is 43.6 Å². The van der Waals surface area contributed by atoms with Crippen LogP contribution in [0, 0.1) is 0 Å². The van der Waals surface area contributed by atoms with Crippen LogP contribution in [-0.2, 0) is 0 Å². The van der Waals surface area contributed by atoms with E-state index in [0.29, 0.717) is 22.6 Å². The summed E-state index contributed by atoms with van der Waals surface area (Å²) in [5, 5.41) is 0. The summed E-state index contributed by atoms with van der Waals surface area (Å²) in [6.07, 6.45) is 2.01. The zero-order valence-corrected chi connectivity index (χ0v) is 13.8. The lowest BCUT2D eigenvalue weighted by molar-refractivity contribution is -0.0505. The molecule has 0 N–H and O–H groups in total. The Morgan fingerprint density at radius 2 is 2.04 bits per heavy atom. The lowest BCUT2D eigenvalue weighted by atomic mass is 9.95. The van der Waals surface area contributed by atoms with E-state index in [1.54, 1.807) is 24.3 Å². The number of imidazole rings is 1. The van der Waals surface area contributed by atoms with Crippen molar-refractivity contribution in [2.75, 3.05) is 0 Å². The average molecular weight is 393 g/mol. The van der Waals surface area contributed by atoms with Crippen LogP contribution < -0.4 is 4.74 Å². The van der Waals surface area contributed by atoms with Gasteiger partial charge in [-0.2, -0.15) is 8.78 Å². The smallest absolute Gasteiger partial charge is 0.387 e. The molecule has 1 aromatic carbocycles. The fraction of sp³-hybridized carbons (Fsp3) is 0.176. The molecule has 4 rings (SSSR count). The molecule has 0 saturated carbocycles. The number of para-hydroxylation sites is 1. The van der Waals surface area contributed by atoms with E-state index in [1.807, 2.05) is 16.7 Å². The number of hydrogen-bond acceptors (Lipinski definition) is 3. The predicted octanol–water partition coefficient (Wildman–Crippen LogP) is 4.42. The summed E-state index contributed by atoms with van der Waals surface area (Å²) in [6, 6.07) is 10.2. The molecule has 24 heavy (non-hydrogen) atoms. The molecule has 0 radical (unpaired) electrons. The molecule has 0 bridgehead atoms. The predicted molar refractivity (Wildman–Crippen MR) is 86.8 cm³/mol. The van der Waals surface area contributed by atoms with Crippen LogP contribution in [0.3, 0.4) is 0 Å². The minimum Gasteiger partial charge on any atom is -0.435 e. The molecular weight excluding hydrogens is 382 g/mol. The first-order valence-corrected chi connectivity index (χ1v) is 8.08. The van der Waals surface area contributed by atoms with Gasteiger partial charge in [-0.1, -0.05) is 18.2 Å². The molecule has 1 aliphatic rings. The van der Waals surface area contributed by atoms with Gasteiger partial charge in [-0.25, -0.2) is 4.98 Å². The lowest BCUT2D eigenvalue weighted by Gasteiger charge is -2.16. The number of alkyl halides is 2. The molecule has 1 atom stereocenters. The molecule has 0 unspecified atom stereocenters. The van der Waals surface area contributed by atoms with Crippen molar-refractivity contribution in [2.24, 2.45) is 0 Å². The van der Waals surface area contributed by atoms with Crippen LogP contribution in [0.25, 0.3) is 5.65 Å². The van der Waals surface area contributed by atoms with Crippen molar-refractivity contribution in [1.82, 2.24) is 9.38 Å². The Morgan fingerprint density at radius 3 is 2.83 bits per heavy atom. The highest BCUT2D eigenvalue weighted by molar-refractivity contribution is 9.10. The van der Waals surface area contributed by atoms with Crippen LogP contribution >= 0.6 is 15.9 Å². The van der Waals surface area contributed by atoms with E-state index in [9.17, 15) is 13.6 Å². The standard InChI is InChI=1S/C17H11BrF2N2O2/c18-9-5-6-14-21-15-12(23)7-11(16(15)22(14)8-9)10-3-1-2-4-13(10)24-17(19)20/h1-6,8,11,17H,7H2/t11-/m1/s1. The quantitative estimate of drug-likeness (QED) is 0.662. The van der Waals surface area contributed by atoms with Crippen molar-refractivity contribution >= 4 is 27.4 Å². The van der Waals surface area contributed by atoms with Crippen LogP contribution in [0.5, 0.6) is 5.75 Å². The van der Waals surface area contributed by atoms with Crippen LogP contribution in [0.15, 0.2) is 47.1 Å². The van der Waals surface area contributed by atoms with E-state index in [2.05, 4.69) is 25.7 Å². The number of benzene rings is 1. The van der Waals surface area contributed by atoms with E-state index >= 15 is 0 Å². The first kappa shape index (κ1) is 15.3. The SMILES string of the molecule is O=C1C[C@H](c2ccccc2OC(F)F)c2c1nc1ccc(Br)cn21. The number of pyridine rings is 1. The van der Waals surface area contributed by atoms with Crippen LogP contribution in [0.1, 0.15) is 34.1 Å². The number of carbonyl (C=O) groups is 1. The lowest BCUT2D eigenvalue weighted by Crippen LogP contribution is -2.08. The van der Waals surface area contributed by atoms with Gasteiger partial charge < -0.3 is 9.14 Å². The zero-order chi connectivity index (χ0) is 16.8. The molecule has 0 amide bonds. The van der Waals surface area contributed by atoms with E-state index in [4.69, 9.17) is 0 Å². The first-order valence-electron chi connectivity index (χ1n) is 7.29. The number of ether oxygens (including phenoxy) is 1. The monoisotopic (exact) mass is 392 g/mol. The Labute approximate surface area is 144 Å². The second kappa shape index (κ2) is 5.66. The molecule has 4 nitrogen and oxygen atoms in total. The Hall–Kier alpha value is -2.28. The van der Waals surface area contributed by atoms with Gasteiger partial charge in [0.05, 0.1) is 5.69 Å². The van der Waals surface area contributed by atoms with Gasteiger partial charge in [0.25, 0.3) is 0 Å². The molecule has 3 aromatic rings. The van der Waals surface area contributed by atoms with Crippen molar-refractivity contribution in [3.8, 4) is 5.75 Å². The Bertz CT molecular complexity index is 955. The number of aromatic nitrogens is 2. The van der Waals surface area contributed by atoms with Crippen molar-refractivity contribution in [2.45, 2.75) is 19.0 Å². The molecular formula is C17H11BrF2N2O2. The maximum absolute atomic E-state index is 12.7. The maximum Gasteiger partial charge on any atom is 0.387 e. The first-order chi connectivity index (χ1) is 11.5. The van der Waals surface area contributed by atoms with E-state index in [0.717, 1.165) is 4.47 Å². The molecule has 2 aromatic heterocycles. The van der Waals surface area contributed by atoms with Gasteiger partial charge in [0, 0.05) is 28.6 Å². The second-order valence-electron chi connectivity index (χ2n) is 5.52. The van der Waals surface area contributed by atoms with Gasteiger partial charge in [-0.05, 0) is 34.1 Å². The molecule has 2 heterocycles. The number of Topliss-reactive ketones (excluding diaryl/α,β-unsaturated/α-hetero) is 1. The average Bonchev–Trinajstić information content (AvgIpc) is 3.05. The molecule has 122 valence electrons. The van der Waals surface area contributed by atoms with Crippen molar-refractivity contribution in [3.63, 3.8) is 0 Å². The number of halogens is 3. The van der Waals surface area contributed by atoms with Crippen molar-refractivity contribution < 1.29 is 18.3 Å². The minimum absolute atomic E-state index is 0.0862. The Balaban J connectivity index is 1.90. The van der Waals surface area contributed by atoms with E-state index in [1.165, 1.54) is 6.07 Å². The molecule has 0 saturated heterocycles. The fourth-order valence-corrected chi connectivity index (χ4v) is 3.52. The summed E-state index contributed by atoms with van der Waals surface area (Å²) in [6.45, 7) is -2.92. The maximum atomic E-state index is 12.7. The van der Waals surface area contributed by atoms with Crippen molar-refractivity contribution in [3.05, 3.63) is 64.0 Å². The summed E-state index contributed by atoms with van der Waals surface area (Å²) < 4.78 is 32.7. The van der Waals surface area contributed by atoms with Gasteiger partial charge in [-0.3, -0.25) is 4.79 Å². The van der Waals surface area contributed by atoms with Crippen LogP contribution in [-0.4, -0.2) is 21.8 Å². The fourth-order valence-electron chi connectivity index (χ4n) is 3.18. The number of carbonyl (C=O) groups excluding carboxylic acids is 1. The molecule has 0 aliphatic heterocycles. The number of ketones is 1. The molecule has 0 fully saturated rings. The summed E-state index contributed by atoms with van der Waals surface area (Å²) in [5.74, 6) is -0.378. The largest absolute Gasteiger partial charge is 0.435 e. The Morgan fingerprint density at radius 1 is 1.25 bits per heavy atom. The third kappa shape index (κ3) is 2.39. The van der Waals surface area contributed by atoms with E-state index in [-0.39, 0.29) is 23.9 Å². The highest BCUT2D eigenvalue weighted by Crippen LogP contribution is 2.42. The minimum atomic E-state index is -2.92. The summed E-state index contributed by atoms with van der Waals surface area (Å²) in [7, 11) is 0. The van der Waals surface area contributed by atoms with Crippen LogP contribution in [0.4, 0.5) is 8.78 Å². The van der Waals surface area contributed by atoms with E-state index < -0.39 is 6.61 Å². The number of fused-ring (bicyclic) bond motifs is 3. The third-order valence-electron chi connectivity index (χ3n) is 4.11. The number of nitrogens with zero attached hydrogens (tertiary/aromatic N) is 2. The van der Waals surface area contributed by atoms with Gasteiger partial charge in [0.15, 0.2) is 5.78 Å². The summed E-state index contributed by atoms with van der Waals surface area (Å²) in [4.78, 5) is 16.7.